The second-order valence-electron chi connectivity index (χ2n) is 7.54. The highest BCUT2D eigenvalue weighted by Crippen LogP contribution is 2.24. The minimum Gasteiger partial charge on any atom is -0.394 e. The lowest BCUT2D eigenvalue weighted by atomic mass is 9.94. The van der Waals surface area contributed by atoms with Crippen LogP contribution in [0.5, 0.6) is 0 Å². The van der Waals surface area contributed by atoms with Crippen LogP contribution in [-0.4, -0.2) is 48.3 Å². The normalized spacial score (nSPS) is 20.2. The van der Waals surface area contributed by atoms with Crippen LogP contribution in [0.2, 0.25) is 0 Å². The molecule has 0 heterocycles. The Balaban J connectivity index is 2.21. The number of nitrogens with zero attached hydrogens (tertiary/aromatic N) is 1. The lowest BCUT2D eigenvalue weighted by Crippen LogP contribution is -2.47. The van der Waals surface area contributed by atoms with Gasteiger partial charge in [-0.2, -0.15) is 0 Å². The SMILES string of the molecule is CN(CCCC(C)(CO)NC1CC1)CC(C)(C)C. The van der Waals surface area contributed by atoms with Crippen LogP contribution in [0, 0.1) is 5.41 Å². The third-order valence-corrected chi connectivity index (χ3v) is 3.49. The van der Waals surface area contributed by atoms with E-state index < -0.39 is 0 Å². The van der Waals surface area contributed by atoms with Gasteiger partial charge in [0.1, 0.15) is 0 Å². The van der Waals surface area contributed by atoms with Crippen molar-refractivity contribution in [2.24, 2.45) is 5.41 Å². The number of aliphatic hydroxyl groups excluding tert-OH is 1. The van der Waals surface area contributed by atoms with Crippen LogP contribution in [-0.2, 0) is 0 Å². The molecular formula is C15H32N2O. The molecular weight excluding hydrogens is 224 g/mol. The van der Waals surface area contributed by atoms with E-state index in [-0.39, 0.29) is 12.1 Å². The van der Waals surface area contributed by atoms with Crippen molar-refractivity contribution < 1.29 is 5.11 Å². The molecule has 0 spiro atoms. The first kappa shape index (κ1) is 15.9. The van der Waals surface area contributed by atoms with Crippen LogP contribution in [0.15, 0.2) is 0 Å². The van der Waals surface area contributed by atoms with Gasteiger partial charge in [0.2, 0.25) is 0 Å². The monoisotopic (exact) mass is 256 g/mol. The van der Waals surface area contributed by atoms with Crippen LogP contribution in [0.3, 0.4) is 0 Å². The first-order chi connectivity index (χ1) is 8.24. The molecule has 1 aliphatic carbocycles. The molecule has 1 atom stereocenters. The predicted molar refractivity (Wildman–Crippen MR) is 77.8 cm³/mol. The average Bonchev–Trinajstić information content (AvgIpc) is 2.98. The molecule has 0 aromatic heterocycles. The Kier molecular flexibility index (Phi) is 5.63. The molecule has 2 N–H and O–H groups in total. The number of rotatable bonds is 8. The van der Waals surface area contributed by atoms with Gasteiger partial charge in [-0.25, -0.2) is 0 Å². The Morgan fingerprint density at radius 3 is 2.28 bits per heavy atom. The number of hydrogen-bond donors (Lipinski definition) is 2. The van der Waals surface area contributed by atoms with Crippen LogP contribution >= 0.6 is 0 Å². The molecule has 1 rings (SSSR count). The largest absolute Gasteiger partial charge is 0.394 e. The second kappa shape index (κ2) is 6.36. The van der Waals surface area contributed by atoms with Gasteiger partial charge in [-0.1, -0.05) is 20.8 Å². The molecule has 0 aromatic rings. The van der Waals surface area contributed by atoms with Gasteiger partial charge in [0.05, 0.1) is 6.61 Å². The standard InChI is InChI=1S/C15H32N2O/c1-14(2,3)11-17(5)10-6-9-15(4,12-18)16-13-7-8-13/h13,16,18H,6-12H2,1-5H3. The van der Waals surface area contributed by atoms with Crippen molar-refractivity contribution in [2.45, 2.75) is 65.0 Å². The molecule has 0 aromatic carbocycles. The maximum absolute atomic E-state index is 9.54. The van der Waals surface area contributed by atoms with Crippen molar-refractivity contribution in [3.8, 4) is 0 Å². The van der Waals surface area contributed by atoms with E-state index in [0.29, 0.717) is 11.5 Å². The Bertz CT molecular complexity index is 245. The zero-order valence-corrected chi connectivity index (χ0v) is 12.9. The number of nitrogens with one attached hydrogen (secondary N) is 1. The van der Waals surface area contributed by atoms with Crippen LogP contribution in [0.1, 0.15) is 53.4 Å². The van der Waals surface area contributed by atoms with E-state index >= 15 is 0 Å². The molecule has 0 bridgehead atoms. The zero-order valence-electron chi connectivity index (χ0n) is 12.9. The lowest BCUT2D eigenvalue weighted by molar-refractivity contribution is 0.152. The van der Waals surface area contributed by atoms with E-state index in [9.17, 15) is 5.11 Å². The molecule has 3 nitrogen and oxygen atoms in total. The second-order valence-corrected chi connectivity index (χ2v) is 7.54. The van der Waals surface area contributed by atoms with E-state index in [1.54, 1.807) is 0 Å². The van der Waals surface area contributed by atoms with Gasteiger partial charge < -0.3 is 15.3 Å². The smallest absolute Gasteiger partial charge is 0.0610 e. The molecule has 1 aliphatic rings. The third kappa shape index (κ3) is 6.72. The van der Waals surface area contributed by atoms with Crippen molar-refractivity contribution in [1.82, 2.24) is 10.2 Å². The van der Waals surface area contributed by atoms with Gasteiger partial charge in [0.25, 0.3) is 0 Å². The van der Waals surface area contributed by atoms with E-state index in [2.05, 4.69) is 45.0 Å². The van der Waals surface area contributed by atoms with Crippen molar-refractivity contribution in [2.75, 3.05) is 26.7 Å². The van der Waals surface area contributed by atoms with Crippen molar-refractivity contribution in [3.05, 3.63) is 0 Å². The highest BCUT2D eigenvalue weighted by atomic mass is 16.3. The van der Waals surface area contributed by atoms with E-state index in [4.69, 9.17) is 0 Å². The number of hydrogen-bond acceptors (Lipinski definition) is 3. The fourth-order valence-corrected chi connectivity index (χ4v) is 2.55. The predicted octanol–water partition coefficient (Wildman–Crippen LogP) is 2.25. The number of aliphatic hydroxyl groups is 1. The van der Waals surface area contributed by atoms with Crippen molar-refractivity contribution >= 4 is 0 Å². The van der Waals surface area contributed by atoms with Gasteiger partial charge in [-0.05, 0) is 51.6 Å². The highest BCUT2D eigenvalue weighted by molar-refractivity contribution is 4.92. The molecule has 1 saturated carbocycles. The zero-order chi connectivity index (χ0) is 13.8. The molecule has 1 fully saturated rings. The molecule has 0 saturated heterocycles. The minimum atomic E-state index is -0.0796. The summed E-state index contributed by atoms with van der Waals surface area (Å²) in [6, 6.07) is 0.662. The summed E-state index contributed by atoms with van der Waals surface area (Å²) in [5, 5.41) is 13.1. The van der Waals surface area contributed by atoms with E-state index in [1.807, 2.05) is 0 Å². The van der Waals surface area contributed by atoms with Crippen LogP contribution in [0.25, 0.3) is 0 Å². The summed E-state index contributed by atoms with van der Waals surface area (Å²) in [6.07, 6.45) is 4.75. The summed E-state index contributed by atoms with van der Waals surface area (Å²) < 4.78 is 0. The maximum atomic E-state index is 9.54. The average molecular weight is 256 g/mol. The quantitative estimate of drug-likeness (QED) is 0.699. The summed E-state index contributed by atoms with van der Waals surface area (Å²) in [4.78, 5) is 2.40. The molecule has 0 radical (unpaired) electrons. The van der Waals surface area contributed by atoms with Gasteiger partial charge >= 0.3 is 0 Å². The summed E-state index contributed by atoms with van der Waals surface area (Å²) in [6.45, 7) is 11.4. The molecule has 3 heteroatoms. The molecule has 0 aliphatic heterocycles. The van der Waals surface area contributed by atoms with Gasteiger partial charge in [0.15, 0.2) is 0 Å². The summed E-state index contributed by atoms with van der Waals surface area (Å²) >= 11 is 0. The first-order valence-electron chi connectivity index (χ1n) is 7.31. The molecule has 18 heavy (non-hydrogen) atoms. The Morgan fingerprint density at radius 1 is 1.22 bits per heavy atom. The Morgan fingerprint density at radius 2 is 1.83 bits per heavy atom. The summed E-state index contributed by atoms with van der Waals surface area (Å²) in [5.41, 5.74) is 0.283. The molecule has 108 valence electrons. The highest BCUT2D eigenvalue weighted by Gasteiger charge is 2.31. The Hall–Kier alpha value is -0.120. The van der Waals surface area contributed by atoms with Gasteiger partial charge in [-0.15, -0.1) is 0 Å². The fourth-order valence-electron chi connectivity index (χ4n) is 2.55. The summed E-state index contributed by atoms with van der Waals surface area (Å²) in [7, 11) is 2.19. The van der Waals surface area contributed by atoms with Gasteiger partial charge in [0, 0.05) is 18.1 Å². The third-order valence-electron chi connectivity index (χ3n) is 3.49. The minimum absolute atomic E-state index is 0.0796. The van der Waals surface area contributed by atoms with Crippen molar-refractivity contribution in [3.63, 3.8) is 0 Å². The molecule has 1 unspecified atom stereocenters. The first-order valence-corrected chi connectivity index (χ1v) is 7.31. The van der Waals surface area contributed by atoms with E-state index in [1.165, 1.54) is 12.8 Å². The summed E-state index contributed by atoms with van der Waals surface area (Å²) in [5.74, 6) is 0. The maximum Gasteiger partial charge on any atom is 0.0610 e. The van der Waals surface area contributed by atoms with Crippen LogP contribution < -0.4 is 5.32 Å². The van der Waals surface area contributed by atoms with Gasteiger partial charge in [-0.3, -0.25) is 0 Å². The topological polar surface area (TPSA) is 35.5 Å². The lowest BCUT2D eigenvalue weighted by Gasteiger charge is -2.31. The van der Waals surface area contributed by atoms with E-state index in [0.717, 1.165) is 25.9 Å². The fraction of sp³-hybridized carbons (Fsp3) is 1.00. The Labute approximate surface area is 113 Å². The van der Waals surface area contributed by atoms with Crippen LogP contribution in [0.4, 0.5) is 0 Å². The molecule has 0 amide bonds. The van der Waals surface area contributed by atoms with Crippen molar-refractivity contribution in [1.29, 1.82) is 0 Å².